The largest absolute Gasteiger partial charge is 0.350 e. The number of carbonyl (C=O) groups excluding carboxylic acids is 1. The highest BCUT2D eigenvalue weighted by molar-refractivity contribution is 7.20. The topological polar surface area (TPSA) is 32.3 Å². The average molecular weight is 336 g/mol. The van der Waals surface area contributed by atoms with Crippen molar-refractivity contribution in [3.63, 3.8) is 0 Å². The first-order valence-electron chi connectivity index (χ1n) is 8.18. The fraction of sp³-hybridized carbons (Fsp3) is 0.500. The molecule has 0 saturated heterocycles. The lowest BCUT2D eigenvalue weighted by Gasteiger charge is -2.32. The van der Waals surface area contributed by atoms with Crippen LogP contribution in [-0.2, 0) is 0 Å². The van der Waals surface area contributed by atoms with Gasteiger partial charge in [-0.25, -0.2) is 4.39 Å². The molecule has 1 atom stereocenters. The number of hydrogen-bond donors (Lipinski definition) is 1. The zero-order chi connectivity index (χ0) is 17.0. The van der Waals surface area contributed by atoms with Crippen LogP contribution in [0.5, 0.6) is 0 Å². The Balaban J connectivity index is 2.09. The van der Waals surface area contributed by atoms with Gasteiger partial charge in [0.2, 0.25) is 0 Å². The summed E-state index contributed by atoms with van der Waals surface area (Å²) in [6.45, 7) is 11.1. The van der Waals surface area contributed by atoms with E-state index in [4.69, 9.17) is 0 Å². The molecule has 0 fully saturated rings. The van der Waals surface area contributed by atoms with Crippen molar-refractivity contribution in [2.24, 2.45) is 5.92 Å². The van der Waals surface area contributed by atoms with Gasteiger partial charge in [0.25, 0.3) is 5.91 Å². The van der Waals surface area contributed by atoms with Crippen molar-refractivity contribution in [3.05, 3.63) is 35.0 Å². The minimum Gasteiger partial charge on any atom is -0.350 e. The highest BCUT2D eigenvalue weighted by Gasteiger charge is 2.21. The number of benzene rings is 1. The molecule has 126 valence electrons. The Labute approximate surface area is 141 Å². The smallest absolute Gasteiger partial charge is 0.261 e. The molecule has 0 saturated carbocycles. The van der Waals surface area contributed by atoms with Crippen LogP contribution in [-0.4, -0.2) is 36.5 Å². The predicted molar refractivity (Wildman–Crippen MR) is 95.7 cm³/mol. The van der Waals surface area contributed by atoms with Crippen LogP contribution in [0, 0.1) is 11.7 Å². The molecule has 2 aromatic rings. The maximum atomic E-state index is 13.7. The summed E-state index contributed by atoms with van der Waals surface area (Å²) >= 11 is 1.33. The first-order chi connectivity index (χ1) is 11.0. The number of nitrogens with zero attached hydrogens (tertiary/aromatic N) is 1. The van der Waals surface area contributed by atoms with Gasteiger partial charge in [-0.1, -0.05) is 33.8 Å². The molecule has 0 radical (unpaired) electrons. The molecule has 23 heavy (non-hydrogen) atoms. The molecule has 1 aromatic heterocycles. The van der Waals surface area contributed by atoms with Crippen LogP contribution >= 0.6 is 11.3 Å². The third kappa shape index (κ3) is 4.09. The zero-order valence-electron chi connectivity index (χ0n) is 14.2. The molecule has 0 spiro atoms. The van der Waals surface area contributed by atoms with Crippen molar-refractivity contribution >= 4 is 27.3 Å². The second kappa shape index (κ2) is 7.88. The Kier molecular flexibility index (Phi) is 6.13. The van der Waals surface area contributed by atoms with Gasteiger partial charge >= 0.3 is 0 Å². The quantitative estimate of drug-likeness (QED) is 0.824. The number of amides is 1. The third-order valence-electron chi connectivity index (χ3n) is 4.25. The summed E-state index contributed by atoms with van der Waals surface area (Å²) in [7, 11) is 0. The van der Waals surface area contributed by atoms with Crippen LogP contribution in [0.25, 0.3) is 10.1 Å². The summed E-state index contributed by atoms with van der Waals surface area (Å²) in [5.41, 5.74) is 0. The minimum atomic E-state index is -0.277. The summed E-state index contributed by atoms with van der Waals surface area (Å²) in [5, 5.41) is 3.54. The number of halogens is 1. The fourth-order valence-corrected chi connectivity index (χ4v) is 3.89. The van der Waals surface area contributed by atoms with Gasteiger partial charge in [-0.2, -0.15) is 0 Å². The van der Waals surface area contributed by atoms with Crippen molar-refractivity contribution in [1.29, 1.82) is 0 Å². The number of carbonyl (C=O) groups is 1. The van der Waals surface area contributed by atoms with Gasteiger partial charge in [0.1, 0.15) is 5.82 Å². The number of hydrogen-bond acceptors (Lipinski definition) is 3. The molecule has 1 heterocycles. The summed E-state index contributed by atoms with van der Waals surface area (Å²) < 4.78 is 14.6. The van der Waals surface area contributed by atoms with E-state index in [1.807, 2.05) is 6.07 Å². The Hall–Kier alpha value is -1.46. The summed E-state index contributed by atoms with van der Waals surface area (Å²) in [6, 6.07) is 6.89. The third-order valence-corrected chi connectivity index (χ3v) is 5.35. The van der Waals surface area contributed by atoms with E-state index in [0.29, 0.717) is 28.8 Å². The fourth-order valence-electron chi connectivity index (χ4n) is 2.90. The van der Waals surface area contributed by atoms with Crippen molar-refractivity contribution in [2.75, 3.05) is 19.6 Å². The van der Waals surface area contributed by atoms with E-state index < -0.39 is 0 Å². The average Bonchev–Trinajstić information content (AvgIpc) is 2.96. The number of thiophene rings is 1. The van der Waals surface area contributed by atoms with Gasteiger partial charge in [0.15, 0.2) is 0 Å². The zero-order valence-corrected chi connectivity index (χ0v) is 15.0. The molecule has 1 aromatic carbocycles. The van der Waals surface area contributed by atoms with Crippen molar-refractivity contribution in [1.82, 2.24) is 10.2 Å². The molecule has 0 bridgehead atoms. The van der Waals surface area contributed by atoms with Crippen molar-refractivity contribution in [3.8, 4) is 0 Å². The lowest BCUT2D eigenvalue weighted by Crippen LogP contribution is -2.46. The normalized spacial score (nSPS) is 13.0. The highest BCUT2D eigenvalue weighted by Crippen LogP contribution is 2.27. The molecule has 1 unspecified atom stereocenters. The van der Waals surface area contributed by atoms with Crippen molar-refractivity contribution in [2.45, 2.75) is 33.7 Å². The first-order valence-corrected chi connectivity index (χ1v) is 8.99. The maximum absolute atomic E-state index is 13.7. The van der Waals surface area contributed by atoms with Gasteiger partial charge in [0.05, 0.1) is 4.88 Å². The Bertz CT molecular complexity index is 664. The number of fused-ring (bicyclic) bond motifs is 1. The van der Waals surface area contributed by atoms with Gasteiger partial charge in [0, 0.05) is 22.7 Å². The standard InChI is InChI=1S/C18H25FN2OS/c1-5-21(6-2)15(12(3)4)11-20-18(22)17-10-13-14(19)8-7-9-16(13)23-17/h7-10,12,15H,5-6,11H2,1-4H3,(H,20,22). The van der Waals surface area contributed by atoms with Crippen LogP contribution in [0.2, 0.25) is 0 Å². The van der Waals surface area contributed by atoms with Crippen LogP contribution in [0.15, 0.2) is 24.3 Å². The van der Waals surface area contributed by atoms with Crippen LogP contribution in [0.1, 0.15) is 37.4 Å². The summed E-state index contributed by atoms with van der Waals surface area (Å²) in [4.78, 5) is 15.3. The molecule has 0 aliphatic carbocycles. The van der Waals surface area contributed by atoms with E-state index in [1.54, 1.807) is 12.1 Å². The molecular weight excluding hydrogens is 311 g/mol. The lowest BCUT2D eigenvalue weighted by molar-refractivity contribution is 0.0925. The SMILES string of the molecule is CCN(CC)C(CNC(=O)c1cc2c(F)cccc2s1)C(C)C. The van der Waals surface area contributed by atoms with E-state index in [9.17, 15) is 9.18 Å². The molecule has 1 amide bonds. The van der Waals surface area contributed by atoms with Gasteiger partial charge in [-0.3, -0.25) is 9.69 Å². The molecule has 1 N–H and O–H groups in total. The molecule has 0 aliphatic heterocycles. The number of nitrogens with one attached hydrogen (secondary N) is 1. The Morgan fingerprint density at radius 2 is 2.00 bits per heavy atom. The highest BCUT2D eigenvalue weighted by atomic mass is 32.1. The van der Waals surface area contributed by atoms with E-state index >= 15 is 0 Å². The first kappa shape index (κ1) is 17.9. The number of likely N-dealkylation sites (N-methyl/N-ethyl adjacent to an activating group) is 1. The van der Waals surface area contributed by atoms with Crippen LogP contribution < -0.4 is 5.32 Å². The predicted octanol–water partition coefficient (Wildman–Crippen LogP) is 4.14. The van der Waals surface area contributed by atoms with Gasteiger partial charge in [-0.05, 0) is 37.2 Å². The summed E-state index contributed by atoms with van der Waals surface area (Å²) in [5.74, 6) is 0.0551. The molecule has 3 nitrogen and oxygen atoms in total. The van der Waals surface area contributed by atoms with E-state index in [0.717, 1.165) is 17.8 Å². The van der Waals surface area contributed by atoms with E-state index in [-0.39, 0.29) is 11.7 Å². The minimum absolute atomic E-state index is 0.122. The lowest BCUT2D eigenvalue weighted by atomic mass is 10.0. The Morgan fingerprint density at radius 1 is 1.30 bits per heavy atom. The molecular formula is C18H25FN2OS. The van der Waals surface area contributed by atoms with Gasteiger partial charge in [-0.15, -0.1) is 11.3 Å². The van der Waals surface area contributed by atoms with Crippen LogP contribution in [0.3, 0.4) is 0 Å². The summed E-state index contributed by atoms with van der Waals surface area (Å²) in [6.07, 6.45) is 0. The maximum Gasteiger partial charge on any atom is 0.261 e. The molecule has 0 aliphatic rings. The monoisotopic (exact) mass is 336 g/mol. The van der Waals surface area contributed by atoms with E-state index in [1.165, 1.54) is 17.4 Å². The van der Waals surface area contributed by atoms with Crippen LogP contribution in [0.4, 0.5) is 4.39 Å². The second-order valence-corrected chi connectivity index (χ2v) is 7.09. The van der Waals surface area contributed by atoms with Gasteiger partial charge < -0.3 is 5.32 Å². The Morgan fingerprint density at radius 3 is 2.57 bits per heavy atom. The van der Waals surface area contributed by atoms with E-state index in [2.05, 4.69) is 37.9 Å². The second-order valence-electron chi connectivity index (χ2n) is 6.00. The van der Waals surface area contributed by atoms with Crippen molar-refractivity contribution < 1.29 is 9.18 Å². The molecule has 5 heteroatoms. The molecule has 2 rings (SSSR count). The number of rotatable bonds is 7.